The Kier molecular flexibility index (Phi) is 4.77. The van der Waals surface area contributed by atoms with Crippen molar-refractivity contribution < 1.29 is 4.79 Å². The molecule has 0 amide bonds. The average molecular weight is 331 g/mol. The topological polar surface area (TPSA) is 17.1 Å². The number of benzene rings is 2. The number of rotatable bonds is 4. The minimum Gasteiger partial charge on any atom is -0.289 e. The highest BCUT2D eigenvalue weighted by Crippen LogP contribution is 2.20. The number of carbonyl (C=O) groups is 1. The second-order valence-corrected chi connectivity index (χ2v) is 6.50. The van der Waals surface area contributed by atoms with Crippen LogP contribution in [0.15, 0.2) is 46.9 Å². The van der Waals surface area contributed by atoms with Crippen LogP contribution in [0.5, 0.6) is 0 Å². The summed E-state index contributed by atoms with van der Waals surface area (Å²) in [5.74, 6) is 0.712. The normalized spacial score (nSPS) is 10.8. The summed E-state index contributed by atoms with van der Waals surface area (Å²) in [5, 5.41) is 0. The molecule has 0 heterocycles. The maximum atomic E-state index is 12.5. The molecule has 2 aromatic carbocycles. The second-order valence-electron chi connectivity index (χ2n) is 5.58. The highest BCUT2D eigenvalue weighted by atomic mass is 79.9. The molecule has 0 bridgehead atoms. The first kappa shape index (κ1) is 15.0. The van der Waals surface area contributed by atoms with Gasteiger partial charge in [0.25, 0.3) is 0 Å². The molecule has 104 valence electrons. The Morgan fingerprint density at radius 1 is 1.10 bits per heavy atom. The van der Waals surface area contributed by atoms with E-state index in [2.05, 4.69) is 41.9 Å². The summed E-state index contributed by atoms with van der Waals surface area (Å²) in [6, 6.07) is 13.8. The largest absolute Gasteiger partial charge is 0.289 e. The van der Waals surface area contributed by atoms with Crippen molar-refractivity contribution in [3.05, 3.63) is 69.2 Å². The molecule has 0 fully saturated rings. The molecule has 0 saturated heterocycles. The lowest BCUT2D eigenvalue weighted by atomic mass is 9.96. The molecule has 2 heteroatoms. The van der Waals surface area contributed by atoms with E-state index in [-0.39, 0.29) is 5.78 Å². The summed E-state index contributed by atoms with van der Waals surface area (Å²) in [6.45, 7) is 6.36. The molecule has 0 N–H and O–H groups in total. The Balaban J connectivity index is 2.27. The quantitative estimate of drug-likeness (QED) is 0.705. The summed E-state index contributed by atoms with van der Waals surface area (Å²) in [7, 11) is 0. The highest BCUT2D eigenvalue weighted by molar-refractivity contribution is 9.10. The lowest BCUT2D eigenvalue weighted by Gasteiger charge is -2.08. The molecule has 0 aliphatic heterocycles. The molecule has 0 atom stereocenters. The van der Waals surface area contributed by atoms with Gasteiger partial charge in [0.2, 0.25) is 0 Å². The van der Waals surface area contributed by atoms with Gasteiger partial charge in [-0.05, 0) is 42.5 Å². The zero-order chi connectivity index (χ0) is 14.7. The monoisotopic (exact) mass is 330 g/mol. The predicted molar refractivity (Wildman–Crippen MR) is 87.3 cm³/mol. The molecule has 0 aliphatic rings. The number of aryl methyl sites for hydroxylation is 1. The van der Waals surface area contributed by atoms with Crippen LogP contribution in [0.3, 0.4) is 0 Å². The van der Waals surface area contributed by atoms with Crippen LogP contribution in [-0.4, -0.2) is 5.78 Å². The van der Waals surface area contributed by atoms with Gasteiger partial charge in [0.15, 0.2) is 5.78 Å². The molecule has 0 spiro atoms. The molecule has 2 rings (SSSR count). The second kappa shape index (κ2) is 6.36. The molecule has 0 saturated carbocycles. The van der Waals surface area contributed by atoms with E-state index in [9.17, 15) is 4.79 Å². The number of halogens is 1. The van der Waals surface area contributed by atoms with Gasteiger partial charge in [-0.1, -0.05) is 60.1 Å². The van der Waals surface area contributed by atoms with E-state index in [0.29, 0.717) is 5.92 Å². The first-order valence-corrected chi connectivity index (χ1v) is 7.66. The number of carbonyl (C=O) groups excluding carboxylic acids is 1. The smallest absolute Gasteiger partial charge is 0.193 e. The van der Waals surface area contributed by atoms with Gasteiger partial charge >= 0.3 is 0 Å². The van der Waals surface area contributed by atoms with Gasteiger partial charge in [0.05, 0.1) is 0 Å². The maximum Gasteiger partial charge on any atom is 0.193 e. The summed E-state index contributed by atoms with van der Waals surface area (Å²) in [4.78, 5) is 12.5. The minimum absolute atomic E-state index is 0.0832. The molecule has 0 unspecified atom stereocenters. The van der Waals surface area contributed by atoms with Crippen LogP contribution in [0.25, 0.3) is 0 Å². The lowest BCUT2D eigenvalue weighted by Crippen LogP contribution is -2.04. The Morgan fingerprint density at radius 2 is 1.75 bits per heavy atom. The Labute approximate surface area is 129 Å². The fourth-order valence-electron chi connectivity index (χ4n) is 2.26. The Hall–Kier alpha value is -1.41. The summed E-state index contributed by atoms with van der Waals surface area (Å²) in [6.07, 6.45) is 1.05. The van der Waals surface area contributed by atoms with Crippen molar-refractivity contribution in [2.24, 2.45) is 5.92 Å². The van der Waals surface area contributed by atoms with Gasteiger partial charge in [-0.15, -0.1) is 0 Å². The van der Waals surface area contributed by atoms with E-state index >= 15 is 0 Å². The van der Waals surface area contributed by atoms with E-state index in [1.807, 2.05) is 37.3 Å². The van der Waals surface area contributed by atoms with E-state index in [0.717, 1.165) is 27.6 Å². The highest BCUT2D eigenvalue weighted by Gasteiger charge is 2.12. The summed E-state index contributed by atoms with van der Waals surface area (Å²) >= 11 is 3.42. The number of hydrogen-bond acceptors (Lipinski definition) is 1. The molecule has 0 aliphatic carbocycles. The maximum absolute atomic E-state index is 12.5. The molecular formula is C18H19BrO. The van der Waals surface area contributed by atoms with Crippen molar-refractivity contribution >= 4 is 21.7 Å². The third-order valence-electron chi connectivity index (χ3n) is 3.30. The molecule has 20 heavy (non-hydrogen) atoms. The van der Waals surface area contributed by atoms with E-state index in [4.69, 9.17) is 0 Å². The van der Waals surface area contributed by atoms with Crippen LogP contribution in [-0.2, 0) is 6.42 Å². The third kappa shape index (κ3) is 3.57. The van der Waals surface area contributed by atoms with E-state index in [1.165, 1.54) is 5.56 Å². The van der Waals surface area contributed by atoms with Crippen LogP contribution < -0.4 is 0 Å². The van der Waals surface area contributed by atoms with Gasteiger partial charge in [-0.3, -0.25) is 4.79 Å². The fraction of sp³-hybridized carbons (Fsp3) is 0.278. The van der Waals surface area contributed by atoms with E-state index in [1.54, 1.807) is 0 Å². The van der Waals surface area contributed by atoms with Gasteiger partial charge in [-0.2, -0.15) is 0 Å². The van der Waals surface area contributed by atoms with Crippen molar-refractivity contribution in [1.29, 1.82) is 0 Å². The third-order valence-corrected chi connectivity index (χ3v) is 3.80. The Bertz CT molecular complexity index is 612. The summed E-state index contributed by atoms with van der Waals surface area (Å²) < 4.78 is 0.933. The van der Waals surface area contributed by atoms with Crippen LogP contribution in [0.2, 0.25) is 0 Å². The minimum atomic E-state index is 0.0832. The average Bonchev–Trinajstić information content (AvgIpc) is 2.41. The van der Waals surface area contributed by atoms with Gasteiger partial charge in [-0.25, -0.2) is 0 Å². The van der Waals surface area contributed by atoms with Gasteiger partial charge in [0, 0.05) is 15.6 Å². The zero-order valence-electron chi connectivity index (χ0n) is 12.1. The van der Waals surface area contributed by atoms with Gasteiger partial charge in [0.1, 0.15) is 0 Å². The number of ketones is 1. The molecule has 0 aromatic heterocycles. The standard InChI is InChI=1S/C18H19BrO/c1-12(2)10-14-5-7-15(8-6-14)18(20)17-11-16(19)9-4-13(17)3/h4-9,11-12H,10H2,1-3H3. The van der Waals surface area contributed by atoms with Crippen molar-refractivity contribution in [2.45, 2.75) is 27.2 Å². The lowest BCUT2D eigenvalue weighted by molar-refractivity contribution is 0.103. The van der Waals surface area contributed by atoms with Crippen LogP contribution in [0, 0.1) is 12.8 Å². The first-order chi connectivity index (χ1) is 9.47. The number of hydrogen-bond donors (Lipinski definition) is 0. The zero-order valence-corrected chi connectivity index (χ0v) is 13.7. The Morgan fingerprint density at radius 3 is 2.35 bits per heavy atom. The molecule has 2 aromatic rings. The predicted octanol–water partition coefficient (Wildman–Crippen LogP) is 5.19. The van der Waals surface area contributed by atoms with Crippen molar-refractivity contribution in [3.63, 3.8) is 0 Å². The van der Waals surface area contributed by atoms with E-state index < -0.39 is 0 Å². The summed E-state index contributed by atoms with van der Waals surface area (Å²) in [5.41, 5.74) is 3.79. The van der Waals surface area contributed by atoms with Crippen molar-refractivity contribution in [3.8, 4) is 0 Å². The van der Waals surface area contributed by atoms with Crippen LogP contribution >= 0.6 is 15.9 Å². The fourth-order valence-corrected chi connectivity index (χ4v) is 2.62. The first-order valence-electron chi connectivity index (χ1n) is 6.87. The van der Waals surface area contributed by atoms with Crippen molar-refractivity contribution in [2.75, 3.05) is 0 Å². The van der Waals surface area contributed by atoms with Crippen LogP contribution in [0.1, 0.15) is 40.9 Å². The molecular weight excluding hydrogens is 312 g/mol. The SMILES string of the molecule is Cc1ccc(Br)cc1C(=O)c1ccc(CC(C)C)cc1. The molecule has 0 radical (unpaired) electrons. The van der Waals surface area contributed by atoms with Crippen molar-refractivity contribution in [1.82, 2.24) is 0 Å². The molecule has 1 nitrogen and oxygen atoms in total. The van der Waals surface area contributed by atoms with Gasteiger partial charge < -0.3 is 0 Å². The van der Waals surface area contributed by atoms with Crippen LogP contribution in [0.4, 0.5) is 0 Å².